The Morgan fingerprint density at radius 1 is 1.00 bits per heavy atom. The molecule has 0 radical (unpaired) electrons. The largest absolute Gasteiger partial charge is 0.381 e. The molecule has 3 heteroatoms. The third-order valence-corrected chi connectivity index (χ3v) is 4.22. The Labute approximate surface area is 98.4 Å². The molecule has 2 fully saturated rings. The number of hydrogen-bond acceptors (Lipinski definition) is 3. The van der Waals surface area contributed by atoms with Gasteiger partial charge in [0.25, 0.3) is 0 Å². The molecule has 1 saturated carbocycles. The monoisotopic (exact) mass is 222 g/mol. The number of ether oxygens (including phenoxy) is 1. The van der Waals surface area contributed by atoms with E-state index in [1.807, 2.05) is 0 Å². The van der Waals surface area contributed by atoms with Gasteiger partial charge in [0.2, 0.25) is 0 Å². The van der Waals surface area contributed by atoms with Crippen molar-refractivity contribution in [3.8, 4) is 6.07 Å². The van der Waals surface area contributed by atoms with Crippen molar-refractivity contribution < 1.29 is 4.74 Å². The van der Waals surface area contributed by atoms with Gasteiger partial charge in [-0.05, 0) is 45.6 Å². The van der Waals surface area contributed by atoms with Crippen LogP contribution in [0.3, 0.4) is 0 Å². The van der Waals surface area contributed by atoms with Crippen molar-refractivity contribution in [2.45, 2.75) is 50.6 Å². The molecule has 2 aliphatic rings. The summed E-state index contributed by atoms with van der Waals surface area (Å²) in [6.07, 6.45) is 6.94. The minimum atomic E-state index is 0.319. The van der Waals surface area contributed by atoms with Gasteiger partial charge in [-0.25, -0.2) is 0 Å². The summed E-state index contributed by atoms with van der Waals surface area (Å²) in [4.78, 5) is 2.55. The highest BCUT2D eigenvalue weighted by molar-refractivity contribution is 4.90. The van der Waals surface area contributed by atoms with E-state index in [0.29, 0.717) is 18.0 Å². The van der Waals surface area contributed by atoms with Gasteiger partial charge in [-0.1, -0.05) is 0 Å². The molecular weight excluding hydrogens is 200 g/mol. The maximum atomic E-state index is 8.88. The molecule has 0 spiro atoms. The van der Waals surface area contributed by atoms with Crippen molar-refractivity contribution in [1.29, 1.82) is 5.26 Å². The van der Waals surface area contributed by atoms with E-state index >= 15 is 0 Å². The maximum Gasteiger partial charge on any atom is 0.0655 e. The van der Waals surface area contributed by atoms with E-state index < -0.39 is 0 Å². The number of nitrogens with zero attached hydrogens (tertiary/aromatic N) is 2. The third-order valence-electron chi connectivity index (χ3n) is 4.22. The first-order chi connectivity index (χ1) is 7.81. The van der Waals surface area contributed by atoms with Gasteiger partial charge < -0.3 is 9.64 Å². The highest BCUT2D eigenvalue weighted by atomic mass is 16.5. The fourth-order valence-corrected chi connectivity index (χ4v) is 3.00. The molecule has 2 rings (SSSR count). The summed E-state index contributed by atoms with van der Waals surface area (Å²) in [5.74, 6) is 0.319. The fourth-order valence-electron chi connectivity index (χ4n) is 3.00. The van der Waals surface area contributed by atoms with E-state index in [2.05, 4.69) is 18.0 Å². The summed E-state index contributed by atoms with van der Waals surface area (Å²) in [5.41, 5.74) is 0. The zero-order valence-corrected chi connectivity index (χ0v) is 10.2. The van der Waals surface area contributed by atoms with Crippen LogP contribution in [-0.2, 0) is 4.74 Å². The Kier molecular flexibility index (Phi) is 4.20. The molecule has 0 aromatic heterocycles. The summed E-state index contributed by atoms with van der Waals surface area (Å²) >= 11 is 0. The summed E-state index contributed by atoms with van der Waals surface area (Å²) in [6.45, 7) is 1.84. The van der Waals surface area contributed by atoms with Crippen molar-refractivity contribution in [2.24, 2.45) is 5.92 Å². The van der Waals surface area contributed by atoms with Gasteiger partial charge in [0.05, 0.1) is 6.07 Å². The molecule has 16 heavy (non-hydrogen) atoms. The first kappa shape index (κ1) is 11.9. The summed E-state index contributed by atoms with van der Waals surface area (Å²) in [7, 11) is 2.26. The second kappa shape index (κ2) is 5.65. The third kappa shape index (κ3) is 2.75. The summed E-state index contributed by atoms with van der Waals surface area (Å²) in [6, 6.07) is 3.81. The van der Waals surface area contributed by atoms with Crippen molar-refractivity contribution in [3.63, 3.8) is 0 Å². The first-order valence-electron chi connectivity index (χ1n) is 6.50. The van der Waals surface area contributed by atoms with E-state index in [1.54, 1.807) is 0 Å². The molecule has 0 N–H and O–H groups in total. The van der Waals surface area contributed by atoms with Crippen LogP contribution in [0.1, 0.15) is 38.5 Å². The topological polar surface area (TPSA) is 36.3 Å². The molecule has 90 valence electrons. The van der Waals surface area contributed by atoms with Crippen molar-refractivity contribution in [2.75, 3.05) is 20.3 Å². The lowest BCUT2D eigenvalue weighted by Crippen LogP contribution is -2.44. The second-order valence-corrected chi connectivity index (χ2v) is 5.14. The van der Waals surface area contributed by atoms with Gasteiger partial charge in [-0.3, -0.25) is 0 Å². The lowest BCUT2D eigenvalue weighted by Gasteiger charge is -2.39. The zero-order valence-electron chi connectivity index (χ0n) is 10.2. The Morgan fingerprint density at radius 3 is 2.12 bits per heavy atom. The smallest absolute Gasteiger partial charge is 0.0655 e. The Hall–Kier alpha value is -0.590. The van der Waals surface area contributed by atoms with Crippen molar-refractivity contribution >= 4 is 0 Å². The van der Waals surface area contributed by atoms with Crippen LogP contribution in [0.4, 0.5) is 0 Å². The molecule has 1 aliphatic heterocycles. The Bertz CT molecular complexity index is 247. The number of rotatable bonds is 2. The van der Waals surface area contributed by atoms with Crippen LogP contribution in [0, 0.1) is 17.2 Å². The molecule has 1 saturated heterocycles. The molecule has 3 nitrogen and oxygen atoms in total. The van der Waals surface area contributed by atoms with Crippen LogP contribution in [0.25, 0.3) is 0 Å². The lowest BCUT2D eigenvalue weighted by atomic mass is 9.85. The van der Waals surface area contributed by atoms with Gasteiger partial charge in [0.15, 0.2) is 0 Å². The lowest BCUT2D eigenvalue weighted by molar-refractivity contribution is 0.0204. The summed E-state index contributed by atoms with van der Waals surface area (Å²) < 4.78 is 5.40. The number of nitriles is 1. The molecule has 1 heterocycles. The zero-order chi connectivity index (χ0) is 11.4. The highest BCUT2D eigenvalue weighted by Gasteiger charge is 2.28. The molecule has 0 aromatic rings. The van der Waals surface area contributed by atoms with Gasteiger partial charge in [0, 0.05) is 31.2 Å². The van der Waals surface area contributed by atoms with Gasteiger partial charge in [-0.15, -0.1) is 0 Å². The van der Waals surface area contributed by atoms with E-state index in [9.17, 15) is 0 Å². The van der Waals surface area contributed by atoms with E-state index in [0.717, 1.165) is 26.1 Å². The normalized spacial score (nSPS) is 32.6. The van der Waals surface area contributed by atoms with Crippen molar-refractivity contribution in [1.82, 2.24) is 4.90 Å². The van der Waals surface area contributed by atoms with E-state index in [4.69, 9.17) is 10.00 Å². The molecule has 0 aromatic carbocycles. The van der Waals surface area contributed by atoms with E-state index in [-0.39, 0.29) is 0 Å². The Morgan fingerprint density at radius 2 is 1.56 bits per heavy atom. The maximum absolute atomic E-state index is 8.88. The average Bonchev–Trinajstić information content (AvgIpc) is 2.39. The highest BCUT2D eigenvalue weighted by Crippen LogP contribution is 2.29. The van der Waals surface area contributed by atoms with Crippen LogP contribution in [-0.4, -0.2) is 37.2 Å². The van der Waals surface area contributed by atoms with E-state index in [1.165, 1.54) is 25.7 Å². The van der Waals surface area contributed by atoms with Crippen LogP contribution >= 0.6 is 0 Å². The Balaban J connectivity index is 1.81. The molecule has 0 bridgehead atoms. The van der Waals surface area contributed by atoms with Crippen LogP contribution in [0.15, 0.2) is 0 Å². The predicted molar refractivity (Wildman–Crippen MR) is 63.0 cm³/mol. The van der Waals surface area contributed by atoms with Crippen molar-refractivity contribution in [3.05, 3.63) is 0 Å². The fraction of sp³-hybridized carbons (Fsp3) is 0.923. The van der Waals surface area contributed by atoms with Gasteiger partial charge >= 0.3 is 0 Å². The SMILES string of the molecule is CN(C1CCOCC1)C1CCC(C#N)CC1. The quantitative estimate of drug-likeness (QED) is 0.718. The summed E-state index contributed by atoms with van der Waals surface area (Å²) in [5, 5.41) is 8.88. The molecule has 0 atom stereocenters. The van der Waals surface area contributed by atoms with Gasteiger partial charge in [0.1, 0.15) is 0 Å². The number of hydrogen-bond donors (Lipinski definition) is 0. The second-order valence-electron chi connectivity index (χ2n) is 5.14. The van der Waals surface area contributed by atoms with Gasteiger partial charge in [-0.2, -0.15) is 5.26 Å². The minimum absolute atomic E-state index is 0.319. The minimum Gasteiger partial charge on any atom is -0.381 e. The van der Waals surface area contributed by atoms with Crippen LogP contribution in [0.5, 0.6) is 0 Å². The van der Waals surface area contributed by atoms with Crippen LogP contribution < -0.4 is 0 Å². The average molecular weight is 222 g/mol. The first-order valence-corrected chi connectivity index (χ1v) is 6.50. The predicted octanol–water partition coefficient (Wildman–Crippen LogP) is 2.18. The van der Waals surface area contributed by atoms with Crippen LogP contribution in [0.2, 0.25) is 0 Å². The molecular formula is C13H22N2O. The molecule has 0 unspecified atom stereocenters. The standard InChI is InChI=1S/C13H22N2O/c1-15(13-6-8-16-9-7-13)12-4-2-11(10-14)3-5-12/h11-13H,2-9H2,1H3. The molecule has 0 amide bonds. The molecule has 1 aliphatic carbocycles.